The zero-order valence-electron chi connectivity index (χ0n) is 23.3. The summed E-state index contributed by atoms with van der Waals surface area (Å²) < 4.78 is 21.1. The van der Waals surface area contributed by atoms with Crippen molar-refractivity contribution in [2.45, 2.75) is 91.0 Å². The van der Waals surface area contributed by atoms with Crippen LogP contribution >= 0.6 is 0 Å². The van der Waals surface area contributed by atoms with E-state index in [0.29, 0.717) is 35.9 Å². The van der Waals surface area contributed by atoms with Crippen LogP contribution in [-0.4, -0.2) is 36.2 Å². The Bertz CT molecular complexity index is 1060. The van der Waals surface area contributed by atoms with E-state index in [2.05, 4.69) is 24.1 Å². The van der Waals surface area contributed by atoms with E-state index in [4.69, 9.17) is 4.74 Å². The number of ether oxygens (including phenoxy) is 1. The summed E-state index contributed by atoms with van der Waals surface area (Å²) in [6.07, 6.45) is 6.03. The number of carbonyl (C=O) groups excluding carboxylic acids is 1. The lowest BCUT2D eigenvalue weighted by molar-refractivity contribution is -0.137. The van der Waals surface area contributed by atoms with Crippen molar-refractivity contribution in [3.8, 4) is 5.75 Å². The van der Waals surface area contributed by atoms with Gasteiger partial charge in [-0.2, -0.15) is 0 Å². The summed E-state index contributed by atoms with van der Waals surface area (Å²) >= 11 is 0. The number of carboxylic acid groups (broad SMARTS) is 1. The first-order valence-electron chi connectivity index (χ1n) is 14.0. The Labute approximate surface area is 226 Å². The molecule has 6 nitrogen and oxygen atoms in total. The van der Waals surface area contributed by atoms with Crippen LogP contribution in [0.3, 0.4) is 0 Å². The molecule has 0 saturated heterocycles. The molecule has 1 aliphatic carbocycles. The molecule has 1 amide bonds. The van der Waals surface area contributed by atoms with Crippen molar-refractivity contribution >= 4 is 23.3 Å². The number of halogens is 1. The van der Waals surface area contributed by atoms with E-state index < -0.39 is 17.7 Å². The number of carbonyl (C=O) groups is 2. The SMILES string of the molecule is CCOc1ccc(CC(=O)Nc2cc(C(CC)CC(=O)O)c(F)cc2N(CC(C)C)C2CCCCC2)cc1. The lowest BCUT2D eigenvalue weighted by Crippen LogP contribution is -2.40. The second-order valence-electron chi connectivity index (χ2n) is 10.7. The first-order valence-corrected chi connectivity index (χ1v) is 14.0. The maximum Gasteiger partial charge on any atom is 0.303 e. The molecule has 3 rings (SSSR count). The maximum absolute atomic E-state index is 15.6. The van der Waals surface area contributed by atoms with Crippen LogP contribution in [0.2, 0.25) is 0 Å². The van der Waals surface area contributed by atoms with Crippen LogP contribution < -0.4 is 15.0 Å². The molecular formula is C31H43FN2O4. The number of benzene rings is 2. The lowest BCUT2D eigenvalue weighted by atomic mass is 9.90. The predicted octanol–water partition coefficient (Wildman–Crippen LogP) is 7.17. The zero-order valence-corrected chi connectivity index (χ0v) is 23.3. The van der Waals surface area contributed by atoms with Gasteiger partial charge in [0.05, 0.1) is 30.8 Å². The van der Waals surface area contributed by atoms with Crippen LogP contribution in [0.25, 0.3) is 0 Å². The quantitative estimate of drug-likeness (QED) is 0.289. The molecule has 38 heavy (non-hydrogen) atoms. The summed E-state index contributed by atoms with van der Waals surface area (Å²) in [5.74, 6) is -0.957. The molecule has 1 fully saturated rings. The highest BCUT2D eigenvalue weighted by Crippen LogP contribution is 2.38. The number of hydrogen-bond donors (Lipinski definition) is 2. The minimum atomic E-state index is -0.968. The van der Waals surface area contributed by atoms with Crippen molar-refractivity contribution < 1.29 is 23.8 Å². The highest BCUT2D eigenvalue weighted by Gasteiger charge is 2.27. The number of hydrogen-bond acceptors (Lipinski definition) is 4. The molecule has 0 radical (unpaired) electrons. The Morgan fingerprint density at radius 1 is 1.11 bits per heavy atom. The van der Waals surface area contributed by atoms with Crippen molar-refractivity contribution in [1.29, 1.82) is 0 Å². The van der Waals surface area contributed by atoms with Crippen molar-refractivity contribution in [3.05, 3.63) is 53.3 Å². The number of nitrogens with one attached hydrogen (secondary N) is 1. The molecular weight excluding hydrogens is 483 g/mol. The molecule has 208 valence electrons. The third-order valence-corrected chi connectivity index (χ3v) is 7.23. The highest BCUT2D eigenvalue weighted by atomic mass is 19.1. The number of anilines is 2. The van der Waals surface area contributed by atoms with Gasteiger partial charge in [-0.1, -0.05) is 52.2 Å². The van der Waals surface area contributed by atoms with E-state index in [1.54, 1.807) is 6.07 Å². The monoisotopic (exact) mass is 526 g/mol. The van der Waals surface area contributed by atoms with Gasteiger partial charge in [0, 0.05) is 12.6 Å². The van der Waals surface area contributed by atoms with Gasteiger partial charge in [-0.3, -0.25) is 9.59 Å². The third kappa shape index (κ3) is 8.20. The average molecular weight is 527 g/mol. The summed E-state index contributed by atoms with van der Waals surface area (Å²) in [5.41, 5.74) is 2.41. The second-order valence-corrected chi connectivity index (χ2v) is 10.7. The Morgan fingerprint density at radius 2 is 1.79 bits per heavy atom. The van der Waals surface area contributed by atoms with Gasteiger partial charge in [-0.15, -0.1) is 0 Å². The number of carboxylic acids is 1. The highest BCUT2D eigenvalue weighted by molar-refractivity contribution is 5.96. The van der Waals surface area contributed by atoms with Crippen LogP contribution in [0.15, 0.2) is 36.4 Å². The molecule has 2 aromatic carbocycles. The molecule has 1 aliphatic rings. The average Bonchev–Trinajstić information content (AvgIpc) is 2.88. The predicted molar refractivity (Wildman–Crippen MR) is 151 cm³/mol. The van der Waals surface area contributed by atoms with E-state index in [0.717, 1.165) is 43.5 Å². The summed E-state index contributed by atoms with van der Waals surface area (Å²) in [5, 5.41) is 12.5. The van der Waals surface area contributed by atoms with E-state index >= 15 is 4.39 Å². The molecule has 1 atom stereocenters. The molecule has 0 bridgehead atoms. The van der Waals surface area contributed by atoms with Crippen LogP contribution in [0.4, 0.5) is 15.8 Å². The summed E-state index contributed by atoms with van der Waals surface area (Å²) in [4.78, 5) is 27.0. The maximum atomic E-state index is 15.6. The molecule has 1 saturated carbocycles. The molecule has 1 unspecified atom stereocenters. The Kier molecular flexibility index (Phi) is 11.0. The summed E-state index contributed by atoms with van der Waals surface area (Å²) in [6.45, 7) is 9.39. The standard InChI is InChI=1S/C31H43FN2O4/c1-5-23(17-31(36)37)26-18-28(33-30(35)16-22-12-14-25(15-13-22)38-6-2)29(19-27(26)32)34(20-21(3)4)24-10-8-7-9-11-24/h12-15,18-19,21,23-24H,5-11,16-17,20H2,1-4H3,(H,33,35)(H,36,37). The largest absolute Gasteiger partial charge is 0.494 e. The van der Waals surface area contributed by atoms with Gasteiger partial charge in [-0.25, -0.2) is 4.39 Å². The van der Waals surface area contributed by atoms with Gasteiger partial charge in [0.1, 0.15) is 11.6 Å². The first kappa shape index (κ1) is 29.5. The first-order chi connectivity index (χ1) is 18.2. The normalized spacial score (nSPS) is 14.8. The Balaban J connectivity index is 1.98. The lowest BCUT2D eigenvalue weighted by Gasteiger charge is -2.38. The fraction of sp³-hybridized carbons (Fsp3) is 0.548. The smallest absolute Gasteiger partial charge is 0.303 e. The van der Waals surface area contributed by atoms with E-state index in [1.807, 2.05) is 38.1 Å². The number of nitrogens with zero attached hydrogens (tertiary/aromatic N) is 1. The fourth-order valence-corrected chi connectivity index (χ4v) is 5.40. The molecule has 0 aliphatic heterocycles. The minimum Gasteiger partial charge on any atom is -0.494 e. The third-order valence-electron chi connectivity index (χ3n) is 7.23. The molecule has 0 heterocycles. The van der Waals surface area contributed by atoms with Crippen LogP contribution in [0.1, 0.15) is 89.7 Å². The molecule has 0 spiro atoms. The van der Waals surface area contributed by atoms with E-state index in [9.17, 15) is 14.7 Å². The second kappa shape index (κ2) is 14.2. The van der Waals surface area contributed by atoms with E-state index in [1.165, 1.54) is 12.5 Å². The molecule has 2 aromatic rings. The topological polar surface area (TPSA) is 78.9 Å². The summed E-state index contributed by atoms with van der Waals surface area (Å²) in [6, 6.07) is 10.9. The van der Waals surface area contributed by atoms with Gasteiger partial charge in [0.25, 0.3) is 0 Å². The van der Waals surface area contributed by atoms with Crippen molar-refractivity contribution in [2.75, 3.05) is 23.4 Å². The Hall–Kier alpha value is -3.09. The van der Waals surface area contributed by atoms with Crippen molar-refractivity contribution in [1.82, 2.24) is 0 Å². The van der Waals surface area contributed by atoms with Crippen LogP contribution in [0, 0.1) is 11.7 Å². The fourth-order valence-electron chi connectivity index (χ4n) is 5.40. The Morgan fingerprint density at radius 3 is 2.37 bits per heavy atom. The molecule has 0 aromatic heterocycles. The number of amides is 1. The van der Waals surface area contributed by atoms with Gasteiger partial charge in [-0.05, 0) is 73.4 Å². The van der Waals surface area contributed by atoms with Gasteiger partial charge in [0.2, 0.25) is 5.91 Å². The van der Waals surface area contributed by atoms with Crippen LogP contribution in [0.5, 0.6) is 5.75 Å². The summed E-state index contributed by atoms with van der Waals surface area (Å²) in [7, 11) is 0. The van der Waals surface area contributed by atoms with Crippen molar-refractivity contribution in [3.63, 3.8) is 0 Å². The number of aliphatic carboxylic acids is 1. The van der Waals surface area contributed by atoms with Gasteiger partial charge in [0.15, 0.2) is 0 Å². The zero-order chi connectivity index (χ0) is 27.7. The number of rotatable bonds is 13. The van der Waals surface area contributed by atoms with Gasteiger partial charge >= 0.3 is 5.97 Å². The molecule has 7 heteroatoms. The van der Waals surface area contributed by atoms with Crippen molar-refractivity contribution in [2.24, 2.45) is 5.92 Å². The van der Waals surface area contributed by atoms with E-state index in [-0.39, 0.29) is 24.8 Å². The minimum absolute atomic E-state index is 0.162. The molecule has 2 N–H and O–H groups in total. The van der Waals surface area contributed by atoms with Gasteiger partial charge < -0.3 is 20.1 Å². The van der Waals surface area contributed by atoms with Crippen LogP contribution in [-0.2, 0) is 16.0 Å².